The number of piperidine rings is 1. The number of likely N-dealkylation sites (tertiary alicyclic amines) is 2. The van der Waals surface area contributed by atoms with Crippen LogP contribution in [-0.4, -0.2) is 55.0 Å². The van der Waals surface area contributed by atoms with Crippen molar-refractivity contribution in [1.29, 1.82) is 5.26 Å². The van der Waals surface area contributed by atoms with Crippen LogP contribution in [0.4, 0.5) is 0 Å². The smallest absolute Gasteiger partial charge is 0.219 e. The monoisotopic (exact) mass is 355 g/mol. The van der Waals surface area contributed by atoms with Crippen LogP contribution in [0.5, 0.6) is 5.75 Å². The van der Waals surface area contributed by atoms with Gasteiger partial charge in [-0.1, -0.05) is 12.1 Å². The summed E-state index contributed by atoms with van der Waals surface area (Å²) in [7, 11) is 0. The molecule has 2 aliphatic rings. The molecule has 0 aromatic heterocycles. The van der Waals surface area contributed by atoms with E-state index in [0.717, 1.165) is 30.9 Å². The first-order valence-electron chi connectivity index (χ1n) is 9.75. The summed E-state index contributed by atoms with van der Waals surface area (Å²) in [6.07, 6.45) is 5.09. The zero-order valence-electron chi connectivity index (χ0n) is 15.7. The van der Waals surface area contributed by atoms with E-state index in [1.165, 1.54) is 25.9 Å². The molecule has 1 amide bonds. The third-order valence-corrected chi connectivity index (χ3v) is 5.77. The molecule has 0 bridgehead atoms. The van der Waals surface area contributed by atoms with Gasteiger partial charge >= 0.3 is 0 Å². The lowest BCUT2D eigenvalue weighted by molar-refractivity contribution is -0.130. The van der Waals surface area contributed by atoms with Crippen LogP contribution in [0.15, 0.2) is 24.3 Å². The van der Waals surface area contributed by atoms with E-state index in [0.29, 0.717) is 25.9 Å². The number of rotatable bonds is 6. The maximum atomic E-state index is 11.5. The summed E-state index contributed by atoms with van der Waals surface area (Å²) in [5, 5.41) is 9.78. The van der Waals surface area contributed by atoms with Gasteiger partial charge in [-0.2, -0.15) is 5.26 Å². The van der Waals surface area contributed by atoms with Crippen LogP contribution in [0.3, 0.4) is 0 Å². The van der Waals surface area contributed by atoms with E-state index in [1.807, 2.05) is 29.2 Å². The van der Waals surface area contributed by atoms with Gasteiger partial charge in [-0.3, -0.25) is 4.79 Å². The predicted octanol–water partition coefficient (Wildman–Crippen LogP) is 2.95. The minimum absolute atomic E-state index is 0.0919. The number of hydrogen-bond acceptors (Lipinski definition) is 4. The van der Waals surface area contributed by atoms with Gasteiger partial charge in [0.2, 0.25) is 5.91 Å². The molecular formula is C21H29N3O2. The van der Waals surface area contributed by atoms with Gasteiger partial charge in [-0.15, -0.1) is 0 Å². The van der Waals surface area contributed by atoms with Gasteiger partial charge in [0.25, 0.3) is 0 Å². The second-order valence-electron chi connectivity index (χ2n) is 7.48. The summed E-state index contributed by atoms with van der Waals surface area (Å²) in [6.45, 7) is 7.19. The summed E-state index contributed by atoms with van der Waals surface area (Å²) in [6, 6.07) is 10.5. The maximum absolute atomic E-state index is 11.5. The van der Waals surface area contributed by atoms with Gasteiger partial charge in [0.05, 0.1) is 18.1 Å². The van der Waals surface area contributed by atoms with E-state index < -0.39 is 5.41 Å². The van der Waals surface area contributed by atoms with Crippen molar-refractivity contribution in [3.05, 3.63) is 29.8 Å². The van der Waals surface area contributed by atoms with Crippen LogP contribution in [-0.2, 0) is 10.2 Å². The minimum Gasteiger partial charge on any atom is -0.494 e. The molecule has 0 saturated carbocycles. The van der Waals surface area contributed by atoms with Crippen LogP contribution < -0.4 is 4.74 Å². The maximum Gasteiger partial charge on any atom is 0.219 e. The zero-order chi connectivity index (χ0) is 18.4. The standard InChI is InChI=1S/C21H29N3O2/c1-18(25)24-14-9-21(17-22,10-15-24)19-5-7-20(8-6-19)26-16-4-13-23-11-2-3-12-23/h5-8H,2-4,9-16H2,1H3. The lowest BCUT2D eigenvalue weighted by Crippen LogP contribution is -2.43. The Bertz CT molecular complexity index is 636. The van der Waals surface area contributed by atoms with Crippen molar-refractivity contribution in [3.8, 4) is 11.8 Å². The van der Waals surface area contributed by atoms with Gasteiger partial charge < -0.3 is 14.5 Å². The molecule has 5 nitrogen and oxygen atoms in total. The lowest BCUT2D eigenvalue weighted by Gasteiger charge is -2.37. The fraction of sp³-hybridized carbons (Fsp3) is 0.619. The topological polar surface area (TPSA) is 56.6 Å². The van der Waals surface area contributed by atoms with Crippen molar-refractivity contribution in [2.75, 3.05) is 39.3 Å². The zero-order valence-corrected chi connectivity index (χ0v) is 15.7. The molecule has 0 unspecified atom stereocenters. The van der Waals surface area contributed by atoms with Crippen molar-refractivity contribution in [2.24, 2.45) is 0 Å². The van der Waals surface area contributed by atoms with E-state index in [-0.39, 0.29) is 5.91 Å². The lowest BCUT2D eigenvalue weighted by atomic mass is 9.74. The van der Waals surface area contributed by atoms with E-state index in [1.54, 1.807) is 6.92 Å². The molecule has 0 aliphatic carbocycles. The third kappa shape index (κ3) is 4.37. The van der Waals surface area contributed by atoms with Gasteiger partial charge in [0, 0.05) is 26.6 Å². The highest BCUT2D eigenvalue weighted by Gasteiger charge is 2.37. The first kappa shape index (κ1) is 18.7. The van der Waals surface area contributed by atoms with Crippen LogP contribution in [0.25, 0.3) is 0 Å². The summed E-state index contributed by atoms with van der Waals surface area (Å²) >= 11 is 0. The van der Waals surface area contributed by atoms with Gasteiger partial charge in [-0.05, 0) is 62.9 Å². The number of nitriles is 1. The number of hydrogen-bond donors (Lipinski definition) is 0. The Morgan fingerprint density at radius 1 is 1.15 bits per heavy atom. The Hall–Kier alpha value is -2.06. The predicted molar refractivity (Wildman–Crippen MR) is 101 cm³/mol. The van der Waals surface area contributed by atoms with Crippen LogP contribution >= 0.6 is 0 Å². The van der Waals surface area contributed by atoms with Gasteiger partial charge in [0.15, 0.2) is 0 Å². The molecular weight excluding hydrogens is 326 g/mol. The molecule has 5 heteroatoms. The Kier molecular flexibility index (Phi) is 6.16. The number of amides is 1. The van der Waals surface area contributed by atoms with Gasteiger partial charge in [-0.25, -0.2) is 0 Å². The Morgan fingerprint density at radius 3 is 2.38 bits per heavy atom. The van der Waals surface area contributed by atoms with Crippen molar-refractivity contribution in [2.45, 2.75) is 44.4 Å². The highest BCUT2D eigenvalue weighted by atomic mass is 16.5. The highest BCUT2D eigenvalue weighted by molar-refractivity contribution is 5.73. The molecule has 1 aromatic rings. The number of benzene rings is 1. The van der Waals surface area contributed by atoms with E-state index >= 15 is 0 Å². The number of nitrogens with zero attached hydrogens (tertiary/aromatic N) is 3. The molecule has 1 aromatic carbocycles. The molecule has 2 aliphatic heterocycles. The second-order valence-corrected chi connectivity index (χ2v) is 7.48. The molecule has 2 saturated heterocycles. The SMILES string of the molecule is CC(=O)N1CCC(C#N)(c2ccc(OCCCN3CCCC3)cc2)CC1. The summed E-state index contributed by atoms with van der Waals surface area (Å²) in [5.41, 5.74) is 0.549. The largest absolute Gasteiger partial charge is 0.494 e. The van der Waals surface area contributed by atoms with E-state index in [4.69, 9.17) is 4.74 Å². The molecule has 2 heterocycles. The number of ether oxygens (including phenoxy) is 1. The van der Waals surface area contributed by atoms with Crippen molar-refractivity contribution in [1.82, 2.24) is 9.80 Å². The highest BCUT2D eigenvalue weighted by Crippen LogP contribution is 2.35. The average molecular weight is 355 g/mol. The van der Waals surface area contributed by atoms with Crippen LogP contribution in [0.2, 0.25) is 0 Å². The summed E-state index contributed by atoms with van der Waals surface area (Å²) < 4.78 is 5.86. The van der Waals surface area contributed by atoms with Crippen molar-refractivity contribution in [3.63, 3.8) is 0 Å². The van der Waals surface area contributed by atoms with Gasteiger partial charge in [0.1, 0.15) is 5.75 Å². The average Bonchev–Trinajstić information content (AvgIpc) is 3.19. The molecule has 26 heavy (non-hydrogen) atoms. The van der Waals surface area contributed by atoms with Crippen LogP contribution in [0, 0.1) is 11.3 Å². The number of carbonyl (C=O) groups is 1. The summed E-state index contributed by atoms with van der Waals surface area (Å²) in [5.74, 6) is 0.957. The van der Waals surface area contributed by atoms with Crippen LogP contribution in [0.1, 0.15) is 44.6 Å². The third-order valence-electron chi connectivity index (χ3n) is 5.77. The minimum atomic E-state index is -0.486. The van der Waals surface area contributed by atoms with Crippen molar-refractivity contribution >= 4 is 5.91 Å². The van der Waals surface area contributed by atoms with E-state index in [9.17, 15) is 10.1 Å². The fourth-order valence-corrected chi connectivity index (χ4v) is 4.02. The van der Waals surface area contributed by atoms with Crippen molar-refractivity contribution < 1.29 is 9.53 Å². The Morgan fingerprint density at radius 2 is 1.81 bits per heavy atom. The Labute approximate surface area is 156 Å². The fourth-order valence-electron chi connectivity index (χ4n) is 4.02. The second kappa shape index (κ2) is 8.55. The molecule has 0 N–H and O–H groups in total. The molecule has 0 atom stereocenters. The molecule has 2 fully saturated rings. The quantitative estimate of drug-likeness (QED) is 0.736. The molecule has 0 radical (unpaired) electrons. The Balaban J connectivity index is 1.51. The summed E-state index contributed by atoms with van der Waals surface area (Å²) in [4.78, 5) is 15.8. The molecule has 140 valence electrons. The normalized spacial score (nSPS) is 19.9. The van der Waals surface area contributed by atoms with E-state index in [2.05, 4.69) is 11.0 Å². The first-order valence-corrected chi connectivity index (χ1v) is 9.75. The first-order chi connectivity index (χ1) is 12.6. The number of carbonyl (C=O) groups excluding carboxylic acids is 1. The molecule has 0 spiro atoms. The molecule has 3 rings (SSSR count).